The molecule has 0 bridgehead atoms. The van der Waals surface area contributed by atoms with Gasteiger partial charge in [0.25, 0.3) is 0 Å². The van der Waals surface area contributed by atoms with Crippen molar-refractivity contribution in [3.05, 3.63) is 11.6 Å². The number of allylic oxidation sites excluding steroid dienone is 2. The first-order chi connectivity index (χ1) is 5.08. The largest absolute Gasteiger partial charge is 0.295 e. The summed E-state index contributed by atoms with van der Waals surface area (Å²) in [6, 6.07) is 0. The SMILES string of the molecule is C/C=C1/C(=O)CCCC1(C)C. The molecule has 62 valence electrons. The number of carbonyl (C=O) groups excluding carboxylic acids is 1. The zero-order valence-electron chi connectivity index (χ0n) is 7.61. The molecule has 0 aromatic rings. The van der Waals surface area contributed by atoms with Gasteiger partial charge in [-0.15, -0.1) is 0 Å². The van der Waals surface area contributed by atoms with E-state index in [1.165, 1.54) is 0 Å². The summed E-state index contributed by atoms with van der Waals surface area (Å²) < 4.78 is 0. The van der Waals surface area contributed by atoms with Gasteiger partial charge in [-0.3, -0.25) is 4.79 Å². The van der Waals surface area contributed by atoms with Crippen LogP contribution in [0.3, 0.4) is 0 Å². The fraction of sp³-hybridized carbons (Fsp3) is 0.700. The normalized spacial score (nSPS) is 27.5. The molecule has 0 atom stereocenters. The van der Waals surface area contributed by atoms with Gasteiger partial charge < -0.3 is 0 Å². The van der Waals surface area contributed by atoms with Crippen LogP contribution in [0.5, 0.6) is 0 Å². The zero-order valence-corrected chi connectivity index (χ0v) is 7.61. The number of rotatable bonds is 0. The van der Waals surface area contributed by atoms with Crippen molar-refractivity contribution in [2.75, 3.05) is 0 Å². The molecule has 1 aliphatic carbocycles. The van der Waals surface area contributed by atoms with Crippen LogP contribution in [0.2, 0.25) is 0 Å². The Morgan fingerprint density at radius 2 is 2.09 bits per heavy atom. The standard InChI is InChI=1S/C10H16O/c1-4-8-9(11)6-5-7-10(8,2)3/h4H,5-7H2,1-3H3/b8-4-. The van der Waals surface area contributed by atoms with Gasteiger partial charge in [0.05, 0.1) is 0 Å². The van der Waals surface area contributed by atoms with Crippen molar-refractivity contribution in [1.82, 2.24) is 0 Å². The van der Waals surface area contributed by atoms with Crippen molar-refractivity contribution in [2.24, 2.45) is 5.41 Å². The van der Waals surface area contributed by atoms with Crippen molar-refractivity contribution in [3.8, 4) is 0 Å². The summed E-state index contributed by atoms with van der Waals surface area (Å²) in [5.41, 5.74) is 1.16. The average Bonchev–Trinajstić information content (AvgIpc) is 1.86. The van der Waals surface area contributed by atoms with Crippen molar-refractivity contribution in [3.63, 3.8) is 0 Å². The van der Waals surface area contributed by atoms with E-state index in [-0.39, 0.29) is 5.41 Å². The van der Waals surface area contributed by atoms with Crippen molar-refractivity contribution < 1.29 is 4.79 Å². The van der Waals surface area contributed by atoms with Crippen LogP contribution in [0.1, 0.15) is 40.0 Å². The van der Waals surface area contributed by atoms with Crippen LogP contribution in [-0.2, 0) is 4.79 Å². The lowest BCUT2D eigenvalue weighted by molar-refractivity contribution is -0.117. The summed E-state index contributed by atoms with van der Waals surface area (Å²) in [5, 5.41) is 0. The fourth-order valence-electron chi connectivity index (χ4n) is 1.89. The van der Waals surface area contributed by atoms with Gasteiger partial charge in [0.2, 0.25) is 0 Å². The Balaban J connectivity index is 2.90. The molecule has 11 heavy (non-hydrogen) atoms. The van der Waals surface area contributed by atoms with Crippen molar-refractivity contribution in [1.29, 1.82) is 0 Å². The third-order valence-corrected chi connectivity index (χ3v) is 2.52. The highest BCUT2D eigenvalue weighted by atomic mass is 16.1. The predicted octanol–water partition coefficient (Wildman–Crippen LogP) is 2.71. The minimum atomic E-state index is 0.129. The number of hydrogen-bond acceptors (Lipinski definition) is 1. The molecule has 1 rings (SSSR count). The molecular weight excluding hydrogens is 136 g/mol. The molecule has 1 nitrogen and oxygen atoms in total. The van der Waals surface area contributed by atoms with Crippen molar-refractivity contribution in [2.45, 2.75) is 40.0 Å². The van der Waals surface area contributed by atoms with Gasteiger partial charge in [-0.2, -0.15) is 0 Å². The molecule has 1 saturated carbocycles. The highest BCUT2D eigenvalue weighted by molar-refractivity contribution is 5.97. The third kappa shape index (κ3) is 1.52. The first-order valence-corrected chi connectivity index (χ1v) is 4.28. The number of carbonyl (C=O) groups is 1. The van der Waals surface area contributed by atoms with E-state index in [0.717, 1.165) is 24.8 Å². The van der Waals surface area contributed by atoms with Crippen LogP contribution in [0.4, 0.5) is 0 Å². The Hall–Kier alpha value is -0.590. The molecule has 0 spiro atoms. The van der Waals surface area contributed by atoms with Crippen LogP contribution in [0.15, 0.2) is 11.6 Å². The van der Waals surface area contributed by atoms with Crippen LogP contribution < -0.4 is 0 Å². The Morgan fingerprint density at radius 1 is 1.45 bits per heavy atom. The monoisotopic (exact) mass is 152 g/mol. The molecular formula is C10H16O. The van der Waals surface area contributed by atoms with Crippen LogP contribution in [0, 0.1) is 5.41 Å². The first-order valence-electron chi connectivity index (χ1n) is 4.28. The van der Waals surface area contributed by atoms with Gasteiger partial charge in [0.15, 0.2) is 5.78 Å². The quantitative estimate of drug-likeness (QED) is 0.488. The highest BCUT2D eigenvalue weighted by Gasteiger charge is 2.31. The first kappa shape index (κ1) is 8.51. The summed E-state index contributed by atoms with van der Waals surface area (Å²) in [5.74, 6) is 0.351. The molecule has 0 N–H and O–H groups in total. The zero-order chi connectivity index (χ0) is 8.48. The molecule has 0 unspecified atom stereocenters. The highest BCUT2D eigenvalue weighted by Crippen LogP contribution is 2.37. The maximum Gasteiger partial charge on any atom is 0.159 e. The van der Waals surface area contributed by atoms with Gasteiger partial charge >= 0.3 is 0 Å². The molecule has 0 aromatic carbocycles. The minimum Gasteiger partial charge on any atom is -0.295 e. The Bertz CT molecular complexity index is 199. The van der Waals surface area contributed by atoms with E-state index in [4.69, 9.17) is 0 Å². The van der Waals surface area contributed by atoms with E-state index < -0.39 is 0 Å². The second kappa shape index (κ2) is 2.80. The summed E-state index contributed by atoms with van der Waals surface area (Å²) in [6.45, 7) is 6.26. The van der Waals surface area contributed by atoms with Crippen LogP contribution >= 0.6 is 0 Å². The molecule has 1 aliphatic rings. The topological polar surface area (TPSA) is 17.1 Å². The average molecular weight is 152 g/mol. The van der Waals surface area contributed by atoms with Gasteiger partial charge in [-0.25, -0.2) is 0 Å². The minimum absolute atomic E-state index is 0.129. The summed E-state index contributed by atoms with van der Waals surface area (Å²) in [6.07, 6.45) is 4.94. The van der Waals surface area contributed by atoms with E-state index in [0.29, 0.717) is 5.78 Å². The van der Waals surface area contributed by atoms with E-state index in [2.05, 4.69) is 13.8 Å². The molecule has 0 saturated heterocycles. The summed E-state index contributed by atoms with van der Waals surface area (Å²) >= 11 is 0. The van der Waals surface area contributed by atoms with E-state index in [9.17, 15) is 4.79 Å². The second-order valence-electron chi connectivity index (χ2n) is 3.86. The molecule has 1 heteroatoms. The predicted molar refractivity (Wildman–Crippen MR) is 46.4 cm³/mol. The van der Waals surface area contributed by atoms with Crippen molar-refractivity contribution >= 4 is 5.78 Å². The second-order valence-corrected chi connectivity index (χ2v) is 3.86. The van der Waals surface area contributed by atoms with E-state index in [1.807, 2.05) is 13.0 Å². The maximum absolute atomic E-state index is 11.4. The van der Waals surface area contributed by atoms with E-state index >= 15 is 0 Å². The van der Waals surface area contributed by atoms with Crippen LogP contribution in [0.25, 0.3) is 0 Å². The van der Waals surface area contributed by atoms with Gasteiger partial charge in [-0.05, 0) is 30.8 Å². The molecule has 0 aliphatic heterocycles. The summed E-state index contributed by atoms with van der Waals surface area (Å²) in [4.78, 5) is 11.4. The van der Waals surface area contributed by atoms with Gasteiger partial charge in [-0.1, -0.05) is 19.9 Å². The van der Waals surface area contributed by atoms with E-state index in [1.54, 1.807) is 0 Å². The molecule has 0 heterocycles. The van der Waals surface area contributed by atoms with Gasteiger partial charge in [0.1, 0.15) is 0 Å². The smallest absolute Gasteiger partial charge is 0.159 e. The molecule has 1 fully saturated rings. The van der Waals surface area contributed by atoms with Gasteiger partial charge in [0, 0.05) is 6.42 Å². The number of ketones is 1. The fourth-order valence-corrected chi connectivity index (χ4v) is 1.89. The Morgan fingerprint density at radius 3 is 2.45 bits per heavy atom. The van der Waals surface area contributed by atoms with Crippen LogP contribution in [-0.4, -0.2) is 5.78 Å². The lowest BCUT2D eigenvalue weighted by Gasteiger charge is -2.31. The lowest BCUT2D eigenvalue weighted by atomic mass is 9.72. The number of hydrogen-bond donors (Lipinski definition) is 0. The third-order valence-electron chi connectivity index (χ3n) is 2.52. The maximum atomic E-state index is 11.4. The molecule has 0 amide bonds. The number of Topliss-reactive ketones (excluding diaryl/α,β-unsaturated/α-hetero) is 1. The molecule has 0 aromatic heterocycles. The Kier molecular flexibility index (Phi) is 2.17. The summed E-state index contributed by atoms with van der Waals surface area (Å²) in [7, 11) is 0. The lowest BCUT2D eigenvalue weighted by Crippen LogP contribution is -2.26. The molecule has 0 radical (unpaired) electrons. The Labute approximate surface area is 68.5 Å².